The highest BCUT2D eigenvalue weighted by Crippen LogP contribution is 2.27. The highest BCUT2D eigenvalue weighted by atomic mass is 79.9. The minimum atomic E-state index is -0.876. The maximum atomic E-state index is 13.5. The van der Waals surface area contributed by atoms with Gasteiger partial charge >= 0.3 is 0 Å². The summed E-state index contributed by atoms with van der Waals surface area (Å²) in [7, 11) is 0. The van der Waals surface area contributed by atoms with Crippen molar-refractivity contribution in [3.63, 3.8) is 0 Å². The van der Waals surface area contributed by atoms with Crippen molar-refractivity contribution >= 4 is 27.5 Å². The van der Waals surface area contributed by atoms with E-state index in [0.717, 1.165) is 6.07 Å². The van der Waals surface area contributed by atoms with Gasteiger partial charge in [-0.2, -0.15) is 0 Å². The molecule has 2 rings (SSSR count). The van der Waals surface area contributed by atoms with Gasteiger partial charge in [0.2, 0.25) is 0 Å². The summed E-state index contributed by atoms with van der Waals surface area (Å²) in [4.78, 5) is 11.8. The molecule has 0 aromatic heterocycles. The van der Waals surface area contributed by atoms with Crippen molar-refractivity contribution in [1.82, 2.24) is 0 Å². The zero-order valence-corrected chi connectivity index (χ0v) is 11.0. The van der Waals surface area contributed by atoms with E-state index in [2.05, 4.69) is 21.2 Å². The van der Waals surface area contributed by atoms with Crippen LogP contribution in [0.25, 0.3) is 0 Å². The summed E-state index contributed by atoms with van der Waals surface area (Å²) in [5.74, 6) is -2.16. The fraction of sp³-hybridized carbons (Fsp3) is 0. The van der Waals surface area contributed by atoms with Crippen molar-refractivity contribution in [3.8, 4) is 5.75 Å². The second-order valence-corrected chi connectivity index (χ2v) is 4.60. The lowest BCUT2D eigenvalue weighted by molar-refractivity contribution is 0.102. The van der Waals surface area contributed by atoms with Crippen LogP contribution in [0.4, 0.5) is 14.5 Å². The van der Waals surface area contributed by atoms with Crippen molar-refractivity contribution in [2.45, 2.75) is 0 Å². The monoisotopic (exact) mass is 327 g/mol. The van der Waals surface area contributed by atoms with E-state index < -0.39 is 17.5 Å². The van der Waals surface area contributed by atoms with E-state index in [1.807, 2.05) is 0 Å². The van der Waals surface area contributed by atoms with E-state index in [-0.39, 0.29) is 21.5 Å². The lowest BCUT2D eigenvalue weighted by atomic mass is 10.2. The molecule has 19 heavy (non-hydrogen) atoms. The first-order valence-electron chi connectivity index (χ1n) is 5.22. The van der Waals surface area contributed by atoms with Crippen molar-refractivity contribution in [2.24, 2.45) is 0 Å². The van der Waals surface area contributed by atoms with Gasteiger partial charge in [-0.15, -0.1) is 0 Å². The van der Waals surface area contributed by atoms with Crippen LogP contribution in [0.15, 0.2) is 40.9 Å². The van der Waals surface area contributed by atoms with Gasteiger partial charge in [-0.1, -0.05) is 0 Å². The third-order valence-corrected chi connectivity index (χ3v) is 3.00. The molecule has 0 atom stereocenters. The van der Waals surface area contributed by atoms with Crippen LogP contribution in [-0.2, 0) is 0 Å². The van der Waals surface area contributed by atoms with Crippen molar-refractivity contribution in [3.05, 3.63) is 58.1 Å². The summed E-state index contributed by atoms with van der Waals surface area (Å²) in [5.41, 5.74) is 0.105. The fourth-order valence-electron chi connectivity index (χ4n) is 1.46. The van der Waals surface area contributed by atoms with E-state index in [4.69, 9.17) is 5.11 Å². The second kappa shape index (κ2) is 5.36. The van der Waals surface area contributed by atoms with E-state index in [0.29, 0.717) is 6.07 Å². The van der Waals surface area contributed by atoms with Crippen LogP contribution < -0.4 is 5.32 Å². The highest BCUT2D eigenvalue weighted by Gasteiger charge is 2.13. The first-order valence-corrected chi connectivity index (χ1v) is 6.01. The average Bonchev–Trinajstić information content (AvgIpc) is 2.34. The minimum Gasteiger partial charge on any atom is -0.508 e. The normalized spacial score (nSPS) is 10.3. The molecule has 0 spiro atoms. The molecule has 2 aromatic carbocycles. The number of amides is 1. The van der Waals surface area contributed by atoms with Crippen LogP contribution in [0.3, 0.4) is 0 Å². The molecule has 0 radical (unpaired) electrons. The van der Waals surface area contributed by atoms with Gasteiger partial charge in [-0.3, -0.25) is 4.79 Å². The van der Waals surface area contributed by atoms with Gasteiger partial charge in [0.15, 0.2) is 5.82 Å². The molecule has 0 aliphatic heterocycles. The number of carbonyl (C=O) groups excluding carboxylic acids is 1. The Bertz CT molecular complexity index is 606. The van der Waals surface area contributed by atoms with Gasteiger partial charge in [0.1, 0.15) is 11.6 Å². The molecule has 0 aliphatic carbocycles. The maximum Gasteiger partial charge on any atom is 0.255 e. The molecular formula is C13H8BrF2NO2. The van der Waals surface area contributed by atoms with Crippen molar-refractivity contribution < 1.29 is 18.7 Å². The summed E-state index contributed by atoms with van der Waals surface area (Å²) in [6, 6.07) is 7.18. The predicted octanol–water partition coefficient (Wildman–Crippen LogP) is 3.69. The molecule has 2 aromatic rings. The number of benzene rings is 2. The Kier molecular flexibility index (Phi) is 3.80. The molecule has 2 N–H and O–H groups in total. The summed E-state index contributed by atoms with van der Waals surface area (Å²) >= 11 is 2.98. The largest absolute Gasteiger partial charge is 0.508 e. The summed E-state index contributed by atoms with van der Waals surface area (Å²) in [5, 5.41) is 11.4. The summed E-state index contributed by atoms with van der Waals surface area (Å²) in [6.45, 7) is 0. The Morgan fingerprint density at radius 1 is 1.16 bits per heavy atom. The van der Waals surface area contributed by atoms with Gasteiger partial charge in [0, 0.05) is 16.1 Å². The number of hydrogen-bond acceptors (Lipinski definition) is 2. The second-order valence-electron chi connectivity index (χ2n) is 3.75. The molecule has 0 aliphatic rings. The van der Waals surface area contributed by atoms with Crippen molar-refractivity contribution in [2.75, 3.05) is 5.32 Å². The molecule has 0 heterocycles. The van der Waals surface area contributed by atoms with Gasteiger partial charge in [-0.25, -0.2) is 8.78 Å². The van der Waals surface area contributed by atoms with E-state index in [1.54, 1.807) is 0 Å². The molecule has 6 heteroatoms. The van der Waals surface area contributed by atoms with Gasteiger partial charge in [-0.05, 0) is 46.3 Å². The van der Waals surface area contributed by atoms with Crippen LogP contribution in [0.5, 0.6) is 5.75 Å². The Hall–Kier alpha value is -1.95. The van der Waals surface area contributed by atoms with Crippen LogP contribution >= 0.6 is 15.9 Å². The van der Waals surface area contributed by atoms with Crippen LogP contribution in [0, 0.1) is 11.6 Å². The van der Waals surface area contributed by atoms with Crippen LogP contribution in [0.1, 0.15) is 10.4 Å². The number of hydrogen-bond donors (Lipinski definition) is 2. The Balaban J connectivity index is 2.26. The molecule has 3 nitrogen and oxygen atoms in total. The molecular weight excluding hydrogens is 320 g/mol. The lowest BCUT2D eigenvalue weighted by Crippen LogP contribution is -2.13. The van der Waals surface area contributed by atoms with Crippen LogP contribution in [0.2, 0.25) is 0 Å². The Morgan fingerprint density at radius 3 is 2.37 bits per heavy atom. The molecule has 98 valence electrons. The number of phenols is 1. The Morgan fingerprint density at radius 2 is 1.79 bits per heavy atom. The SMILES string of the molecule is O=C(Nc1c(F)cc(F)cc1Br)c1ccc(O)cc1. The minimum absolute atomic E-state index is 0.0192. The molecule has 0 bridgehead atoms. The third kappa shape index (κ3) is 3.08. The standard InChI is InChI=1S/C13H8BrF2NO2/c14-10-5-8(15)6-11(16)12(10)17-13(19)7-1-3-9(18)4-2-7/h1-6,18H,(H,17,19). The van der Waals surface area contributed by atoms with E-state index >= 15 is 0 Å². The molecule has 0 fully saturated rings. The number of halogens is 3. The Labute approximate surface area is 116 Å². The smallest absolute Gasteiger partial charge is 0.255 e. The number of phenolic OH excluding ortho intramolecular Hbond substituents is 1. The highest BCUT2D eigenvalue weighted by molar-refractivity contribution is 9.10. The van der Waals surface area contributed by atoms with E-state index in [9.17, 15) is 13.6 Å². The number of anilines is 1. The topological polar surface area (TPSA) is 49.3 Å². The lowest BCUT2D eigenvalue weighted by Gasteiger charge is -2.09. The van der Waals surface area contributed by atoms with Gasteiger partial charge in [0.05, 0.1) is 5.69 Å². The molecule has 0 saturated carbocycles. The third-order valence-electron chi connectivity index (χ3n) is 2.37. The number of rotatable bonds is 2. The first kappa shape index (κ1) is 13.5. The number of nitrogens with one attached hydrogen (secondary N) is 1. The van der Waals surface area contributed by atoms with E-state index in [1.165, 1.54) is 24.3 Å². The van der Waals surface area contributed by atoms with Crippen LogP contribution in [-0.4, -0.2) is 11.0 Å². The molecule has 0 unspecified atom stereocenters. The molecule has 1 amide bonds. The zero-order chi connectivity index (χ0) is 14.0. The van der Waals surface area contributed by atoms with Gasteiger partial charge < -0.3 is 10.4 Å². The summed E-state index contributed by atoms with van der Waals surface area (Å²) in [6.07, 6.45) is 0. The van der Waals surface area contributed by atoms with Gasteiger partial charge in [0.25, 0.3) is 5.91 Å². The number of carbonyl (C=O) groups is 1. The molecule has 0 saturated heterocycles. The fourth-order valence-corrected chi connectivity index (χ4v) is 1.97. The predicted molar refractivity (Wildman–Crippen MR) is 70.1 cm³/mol. The number of aromatic hydroxyl groups is 1. The summed E-state index contributed by atoms with van der Waals surface area (Å²) < 4.78 is 26.5. The zero-order valence-electron chi connectivity index (χ0n) is 9.45. The quantitative estimate of drug-likeness (QED) is 0.883. The van der Waals surface area contributed by atoms with Crippen molar-refractivity contribution in [1.29, 1.82) is 0 Å². The first-order chi connectivity index (χ1) is 8.97. The average molecular weight is 328 g/mol. The maximum absolute atomic E-state index is 13.5.